The van der Waals surface area contributed by atoms with Gasteiger partial charge in [-0.05, 0) is 49.7 Å². The summed E-state index contributed by atoms with van der Waals surface area (Å²) in [4.78, 5) is 17.2. The molecule has 1 aromatic rings. The second-order valence-electron chi connectivity index (χ2n) is 8.22. The zero-order valence-electron chi connectivity index (χ0n) is 15.9. The first-order valence-corrected chi connectivity index (χ1v) is 11.9. The van der Waals surface area contributed by atoms with Crippen molar-refractivity contribution in [2.45, 2.75) is 44.1 Å². The first-order chi connectivity index (χ1) is 12.9. The number of carbonyl (C=O) groups excluding carboxylic acids is 1. The average molecular weight is 392 g/mol. The monoisotopic (exact) mass is 391 g/mol. The summed E-state index contributed by atoms with van der Waals surface area (Å²) in [6, 6.07) is 8.39. The number of rotatable bonds is 5. The maximum absolute atomic E-state index is 12.9. The van der Waals surface area contributed by atoms with Crippen LogP contribution < -0.4 is 9.62 Å². The minimum Gasteiger partial charge on any atom is -0.371 e. The molecule has 2 aliphatic heterocycles. The Balaban J connectivity index is 1.41. The van der Waals surface area contributed by atoms with Crippen LogP contribution in [0.1, 0.15) is 43.6 Å². The van der Waals surface area contributed by atoms with Crippen LogP contribution in [0.15, 0.2) is 24.3 Å². The number of piperidine rings is 1. The van der Waals surface area contributed by atoms with Gasteiger partial charge in [-0.3, -0.25) is 4.79 Å². The number of benzene rings is 1. The van der Waals surface area contributed by atoms with Crippen molar-refractivity contribution >= 4 is 21.6 Å². The Morgan fingerprint density at radius 3 is 2.59 bits per heavy atom. The van der Waals surface area contributed by atoms with E-state index in [1.54, 1.807) is 0 Å². The topological polar surface area (TPSA) is 69.7 Å². The highest BCUT2D eigenvalue weighted by Crippen LogP contribution is 2.51. The predicted molar refractivity (Wildman–Crippen MR) is 106 cm³/mol. The molecule has 1 amide bonds. The van der Waals surface area contributed by atoms with Gasteiger partial charge in [-0.2, -0.15) is 0 Å². The molecule has 7 heteroatoms. The highest BCUT2D eigenvalue weighted by molar-refractivity contribution is 7.88. The maximum atomic E-state index is 12.9. The van der Waals surface area contributed by atoms with Gasteiger partial charge >= 0.3 is 0 Å². The lowest BCUT2D eigenvalue weighted by Gasteiger charge is -2.30. The van der Waals surface area contributed by atoms with Gasteiger partial charge in [0.25, 0.3) is 0 Å². The van der Waals surface area contributed by atoms with E-state index >= 15 is 0 Å². The van der Waals surface area contributed by atoms with E-state index in [4.69, 9.17) is 0 Å². The summed E-state index contributed by atoms with van der Waals surface area (Å²) < 4.78 is 25.5. The second kappa shape index (κ2) is 7.43. The van der Waals surface area contributed by atoms with Crippen LogP contribution in [-0.4, -0.2) is 57.7 Å². The van der Waals surface area contributed by atoms with E-state index in [9.17, 15) is 13.2 Å². The Labute approximate surface area is 162 Å². The van der Waals surface area contributed by atoms with Crippen molar-refractivity contribution in [1.82, 2.24) is 9.62 Å². The van der Waals surface area contributed by atoms with E-state index in [2.05, 4.69) is 33.9 Å². The summed E-state index contributed by atoms with van der Waals surface area (Å²) in [5, 5.41) is 0. The Bertz CT molecular complexity index is 804. The van der Waals surface area contributed by atoms with Crippen LogP contribution >= 0.6 is 0 Å². The van der Waals surface area contributed by atoms with Crippen LogP contribution in [-0.2, 0) is 14.8 Å². The third-order valence-corrected chi connectivity index (χ3v) is 6.78. The Morgan fingerprint density at radius 1 is 1.11 bits per heavy atom. The van der Waals surface area contributed by atoms with Crippen molar-refractivity contribution in [2.24, 2.45) is 5.92 Å². The van der Waals surface area contributed by atoms with Crippen molar-refractivity contribution in [2.75, 3.05) is 37.3 Å². The molecule has 0 spiro atoms. The highest BCUT2D eigenvalue weighted by Gasteiger charge is 2.48. The summed E-state index contributed by atoms with van der Waals surface area (Å²) in [6.45, 7) is 3.34. The number of nitrogens with one attached hydrogen (secondary N) is 1. The first kappa shape index (κ1) is 18.7. The molecule has 0 aromatic heterocycles. The predicted octanol–water partition coefficient (Wildman–Crippen LogP) is 1.93. The van der Waals surface area contributed by atoms with Gasteiger partial charge in [0.2, 0.25) is 15.9 Å². The maximum Gasteiger partial charge on any atom is 0.226 e. The molecule has 0 unspecified atom stereocenters. The van der Waals surface area contributed by atoms with E-state index in [1.165, 1.54) is 36.8 Å². The van der Waals surface area contributed by atoms with E-state index in [-0.39, 0.29) is 17.9 Å². The van der Waals surface area contributed by atoms with Gasteiger partial charge in [-0.25, -0.2) is 13.1 Å². The second-order valence-corrected chi connectivity index (χ2v) is 10.00. The number of nitrogens with zero attached hydrogens (tertiary/aromatic N) is 2. The van der Waals surface area contributed by atoms with Crippen molar-refractivity contribution < 1.29 is 13.2 Å². The standard InChI is InChI=1S/C20H29N3O3S/c1-27(25,26)21-15-9-12-23(14-15)20(24)18-13-17(18)16-7-3-4-8-19(16)22-10-5-2-6-11-22/h3-4,7-8,15,17-18,21H,2,5-6,9-14H2,1H3/t15-,17-,18+/m0/s1. The number of anilines is 1. The number of hydrogen-bond acceptors (Lipinski definition) is 4. The number of likely N-dealkylation sites (tertiary alicyclic amines) is 1. The molecule has 2 saturated heterocycles. The van der Waals surface area contributed by atoms with Crippen LogP contribution in [0.4, 0.5) is 5.69 Å². The highest BCUT2D eigenvalue weighted by atomic mass is 32.2. The lowest BCUT2D eigenvalue weighted by atomic mass is 10.0. The molecule has 1 aromatic carbocycles. The molecular formula is C20H29N3O3S. The summed E-state index contributed by atoms with van der Waals surface area (Å²) in [5.41, 5.74) is 2.61. The van der Waals surface area contributed by atoms with Crippen LogP contribution in [0.25, 0.3) is 0 Å². The number of para-hydroxylation sites is 1. The number of carbonyl (C=O) groups is 1. The van der Waals surface area contributed by atoms with Gasteiger partial charge < -0.3 is 9.80 Å². The molecule has 27 heavy (non-hydrogen) atoms. The van der Waals surface area contributed by atoms with Crippen LogP contribution in [0.5, 0.6) is 0 Å². The lowest BCUT2D eigenvalue weighted by molar-refractivity contribution is -0.131. The Hall–Kier alpha value is -1.60. The van der Waals surface area contributed by atoms with Gasteiger partial charge in [-0.1, -0.05) is 18.2 Å². The fourth-order valence-electron chi connectivity index (χ4n) is 4.63. The molecule has 1 N–H and O–H groups in total. The van der Waals surface area contributed by atoms with Gasteiger partial charge in [0.1, 0.15) is 0 Å². The van der Waals surface area contributed by atoms with Crippen LogP contribution in [0.3, 0.4) is 0 Å². The van der Waals surface area contributed by atoms with Gasteiger partial charge in [0.05, 0.1) is 6.26 Å². The largest absolute Gasteiger partial charge is 0.371 e. The summed E-state index contributed by atoms with van der Waals surface area (Å²) >= 11 is 0. The summed E-state index contributed by atoms with van der Waals surface area (Å²) in [5.74, 6) is 0.539. The normalized spacial score (nSPS) is 28.4. The number of hydrogen-bond donors (Lipinski definition) is 1. The van der Waals surface area contributed by atoms with E-state index in [0.29, 0.717) is 25.4 Å². The fourth-order valence-corrected chi connectivity index (χ4v) is 5.43. The summed E-state index contributed by atoms with van der Waals surface area (Å²) in [7, 11) is -3.23. The molecule has 3 aliphatic rings. The molecule has 4 rings (SSSR count). The zero-order chi connectivity index (χ0) is 19.0. The molecule has 0 radical (unpaired) electrons. The summed E-state index contributed by atoms with van der Waals surface area (Å²) in [6.07, 6.45) is 6.56. The third-order valence-electron chi connectivity index (χ3n) is 6.02. The smallest absolute Gasteiger partial charge is 0.226 e. The molecule has 1 aliphatic carbocycles. The lowest BCUT2D eigenvalue weighted by Crippen LogP contribution is -2.38. The van der Waals surface area contributed by atoms with Crippen LogP contribution in [0.2, 0.25) is 0 Å². The molecule has 2 heterocycles. The zero-order valence-corrected chi connectivity index (χ0v) is 16.7. The van der Waals surface area contributed by atoms with Crippen molar-refractivity contribution in [3.05, 3.63) is 29.8 Å². The van der Waals surface area contributed by atoms with E-state index in [1.807, 2.05) is 4.90 Å². The molecule has 1 saturated carbocycles. The molecule has 6 nitrogen and oxygen atoms in total. The van der Waals surface area contributed by atoms with Crippen molar-refractivity contribution in [1.29, 1.82) is 0 Å². The quantitative estimate of drug-likeness (QED) is 0.833. The number of sulfonamides is 1. The Morgan fingerprint density at radius 2 is 1.85 bits per heavy atom. The van der Waals surface area contributed by atoms with E-state index in [0.717, 1.165) is 19.5 Å². The minimum atomic E-state index is -3.23. The minimum absolute atomic E-state index is 0.0490. The molecule has 3 atom stereocenters. The number of amides is 1. The Kier molecular flexibility index (Phi) is 5.16. The van der Waals surface area contributed by atoms with E-state index < -0.39 is 10.0 Å². The van der Waals surface area contributed by atoms with Gasteiger partial charge in [0, 0.05) is 43.8 Å². The van der Waals surface area contributed by atoms with Crippen molar-refractivity contribution in [3.63, 3.8) is 0 Å². The fraction of sp³-hybridized carbons (Fsp3) is 0.650. The average Bonchev–Trinajstić information content (AvgIpc) is 3.32. The molecule has 0 bridgehead atoms. The van der Waals surface area contributed by atoms with Gasteiger partial charge in [-0.15, -0.1) is 0 Å². The molecule has 148 valence electrons. The van der Waals surface area contributed by atoms with Gasteiger partial charge in [0.15, 0.2) is 0 Å². The molecule has 3 fully saturated rings. The molecular weight excluding hydrogens is 362 g/mol. The van der Waals surface area contributed by atoms with Crippen molar-refractivity contribution in [3.8, 4) is 0 Å². The third kappa shape index (κ3) is 4.29. The first-order valence-electron chi connectivity index (χ1n) is 10.0. The SMILES string of the molecule is CS(=O)(=O)N[C@H]1CCN(C(=O)[C@@H]2C[C@H]2c2ccccc2N2CCCCC2)C1. The van der Waals surface area contributed by atoms with Crippen LogP contribution in [0, 0.1) is 5.92 Å².